The number of anilines is 1. The fraction of sp³-hybridized carbons (Fsp3) is 0.308. The summed E-state index contributed by atoms with van der Waals surface area (Å²) in [7, 11) is 0. The van der Waals surface area contributed by atoms with Gasteiger partial charge in [-0.15, -0.1) is 0 Å². The monoisotopic (exact) mass is 228 g/mol. The van der Waals surface area contributed by atoms with E-state index in [-0.39, 0.29) is 0 Å². The van der Waals surface area contributed by atoms with Crippen LogP contribution in [0.2, 0.25) is 0 Å². The summed E-state index contributed by atoms with van der Waals surface area (Å²) in [5.41, 5.74) is 4.13. The SMILES string of the molecule is Cc1cc(C)nc(NCc2ncccc2C)n1. The second kappa shape index (κ2) is 4.91. The van der Waals surface area contributed by atoms with Crippen molar-refractivity contribution in [2.45, 2.75) is 27.3 Å². The first-order valence-electron chi connectivity index (χ1n) is 5.62. The molecule has 0 spiro atoms. The van der Waals surface area contributed by atoms with E-state index in [2.05, 4.69) is 20.3 Å². The molecule has 0 aromatic carbocycles. The van der Waals surface area contributed by atoms with Gasteiger partial charge in [-0.05, 0) is 38.5 Å². The Hall–Kier alpha value is -1.97. The molecule has 0 aliphatic heterocycles. The van der Waals surface area contributed by atoms with Gasteiger partial charge in [-0.25, -0.2) is 9.97 Å². The van der Waals surface area contributed by atoms with Gasteiger partial charge in [-0.2, -0.15) is 0 Å². The molecule has 88 valence electrons. The molecule has 0 bridgehead atoms. The van der Waals surface area contributed by atoms with Gasteiger partial charge in [0.05, 0.1) is 12.2 Å². The van der Waals surface area contributed by atoms with Crippen LogP contribution in [0.4, 0.5) is 5.95 Å². The molecule has 1 N–H and O–H groups in total. The van der Waals surface area contributed by atoms with E-state index in [1.54, 1.807) is 6.20 Å². The smallest absolute Gasteiger partial charge is 0.223 e. The van der Waals surface area contributed by atoms with Crippen LogP contribution in [0.15, 0.2) is 24.4 Å². The molecule has 0 aliphatic carbocycles. The van der Waals surface area contributed by atoms with E-state index in [1.165, 1.54) is 5.56 Å². The maximum atomic E-state index is 4.33. The normalized spacial score (nSPS) is 10.3. The Kier molecular flexibility index (Phi) is 3.32. The summed E-state index contributed by atoms with van der Waals surface area (Å²) in [6.07, 6.45) is 1.80. The second-order valence-corrected chi connectivity index (χ2v) is 4.09. The predicted molar refractivity (Wildman–Crippen MR) is 67.8 cm³/mol. The van der Waals surface area contributed by atoms with Crippen LogP contribution in [0.5, 0.6) is 0 Å². The summed E-state index contributed by atoms with van der Waals surface area (Å²) >= 11 is 0. The van der Waals surface area contributed by atoms with Crippen LogP contribution in [0.1, 0.15) is 22.6 Å². The van der Waals surface area contributed by atoms with Gasteiger partial charge >= 0.3 is 0 Å². The standard InChI is InChI=1S/C13H16N4/c1-9-5-4-6-14-12(9)8-15-13-16-10(2)7-11(3)17-13/h4-7H,8H2,1-3H3,(H,15,16,17). The highest BCUT2D eigenvalue weighted by atomic mass is 15.1. The van der Waals surface area contributed by atoms with E-state index in [0.717, 1.165) is 17.1 Å². The van der Waals surface area contributed by atoms with Crippen LogP contribution in [-0.4, -0.2) is 15.0 Å². The molecule has 2 aromatic rings. The Labute approximate surface area is 101 Å². The zero-order valence-electron chi connectivity index (χ0n) is 10.4. The van der Waals surface area contributed by atoms with Crippen molar-refractivity contribution in [3.05, 3.63) is 47.0 Å². The second-order valence-electron chi connectivity index (χ2n) is 4.09. The van der Waals surface area contributed by atoms with E-state index in [1.807, 2.05) is 39.0 Å². The Morgan fingerprint density at radius 1 is 1.12 bits per heavy atom. The molecule has 4 heteroatoms. The Morgan fingerprint density at radius 2 is 1.82 bits per heavy atom. The summed E-state index contributed by atoms with van der Waals surface area (Å²) in [6, 6.07) is 5.94. The molecule has 0 radical (unpaired) electrons. The van der Waals surface area contributed by atoms with E-state index in [9.17, 15) is 0 Å². The molecule has 0 unspecified atom stereocenters. The van der Waals surface area contributed by atoms with Gasteiger partial charge in [-0.1, -0.05) is 6.07 Å². The van der Waals surface area contributed by atoms with Crippen LogP contribution in [-0.2, 0) is 6.54 Å². The van der Waals surface area contributed by atoms with Crippen LogP contribution in [0.3, 0.4) is 0 Å². The molecule has 0 aliphatic rings. The molecule has 0 saturated carbocycles. The highest BCUT2D eigenvalue weighted by Crippen LogP contribution is 2.07. The van der Waals surface area contributed by atoms with Gasteiger partial charge in [0.15, 0.2) is 0 Å². The van der Waals surface area contributed by atoms with Crippen LogP contribution < -0.4 is 5.32 Å². The van der Waals surface area contributed by atoms with Gasteiger partial charge in [0, 0.05) is 17.6 Å². The summed E-state index contributed by atoms with van der Waals surface area (Å²) in [6.45, 7) is 6.62. The highest BCUT2D eigenvalue weighted by molar-refractivity contribution is 5.30. The molecule has 0 saturated heterocycles. The number of aryl methyl sites for hydroxylation is 3. The number of hydrogen-bond acceptors (Lipinski definition) is 4. The fourth-order valence-electron chi connectivity index (χ4n) is 1.67. The molecule has 2 aromatic heterocycles. The molecule has 4 nitrogen and oxygen atoms in total. The van der Waals surface area contributed by atoms with Gasteiger partial charge in [0.25, 0.3) is 0 Å². The zero-order valence-corrected chi connectivity index (χ0v) is 10.4. The lowest BCUT2D eigenvalue weighted by molar-refractivity contribution is 0.962. The van der Waals surface area contributed by atoms with Crippen molar-refractivity contribution < 1.29 is 0 Å². The van der Waals surface area contributed by atoms with Crippen molar-refractivity contribution in [1.82, 2.24) is 15.0 Å². The maximum Gasteiger partial charge on any atom is 0.223 e. The minimum atomic E-state index is 0.648. The number of nitrogens with one attached hydrogen (secondary N) is 1. The first-order valence-corrected chi connectivity index (χ1v) is 5.62. The Balaban J connectivity index is 2.10. The quantitative estimate of drug-likeness (QED) is 0.876. The largest absolute Gasteiger partial charge is 0.349 e. The zero-order chi connectivity index (χ0) is 12.3. The van der Waals surface area contributed by atoms with Crippen molar-refractivity contribution in [2.24, 2.45) is 0 Å². The molecule has 2 heterocycles. The molecule has 2 rings (SSSR count). The summed E-state index contributed by atoms with van der Waals surface area (Å²) < 4.78 is 0. The fourth-order valence-corrected chi connectivity index (χ4v) is 1.67. The molecule has 17 heavy (non-hydrogen) atoms. The Morgan fingerprint density at radius 3 is 2.47 bits per heavy atom. The average Bonchev–Trinajstić information content (AvgIpc) is 2.27. The van der Waals surface area contributed by atoms with Gasteiger partial charge in [0.2, 0.25) is 5.95 Å². The van der Waals surface area contributed by atoms with Crippen molar-refractivity contribution >= 4 is 5.95 Å². The third-order valence-corrected chi connectivity index (χ3v) is 2.51. The average molecular weight is 228 g/mol. The lowest BCUT2D eigenvalue weighted by atomic mass is 10.2. The lowest BCUT2D eigenvalue weighted by Crippen LogP contribution is -2.07. The van der Waals surface area contributed by atoms with Crippen LogP contribution in [0, 0.1) is 20.8 Å². The number of rotatable bonds is 3. The van der Waals surface area contributed by atoms with Crippen LogP contribution >= 0.6 is 0 Å². The minimum absolute atomic E-state index is 0.648. The number of pyridine rings is 1. The molecule has 0 amide bonds. The molecule has 0 atom stereocenters. The third-order valence-electron chi connectivity index (χ3n) is 2.51. The third kappa shape index (κ3) is 3.00. The highest BCUT2D eigenvalue weighted by Gasteiger charge is 2.01. The molecular weight excluding hydrogens is 212 g/mol. The lowest BCUT2D eigenvalue weighted by Gasteiger charge is -2.07. The first kappa shape index (κ1) is 11.5. The minimum Gasteiger partial charge on any atom is -0.349 e. The van der Waals surface area contributed by atoms with E-state index in [0.29, 0.717) is 12.5 Å². The molecule has 0 fully saturated rings. The number of nitrogens with zero attached hydrogens (tertiary/aromatic N) is 3. The van der Waals surface area contributed by atoms with E-state index >= 15 is 0 Å². The number of hydrogen-bond donors (Lipinski definition) is 1. The predicted octanol–water partition coefficient (Wildman–Crippen LogP) is 2.41. The molecular formula is C13H16N4. The van der Waals surface area contributed by atoms with Crippen molar-refractivity contribution in [2.75, 3.05) is 5.32 Å². The van der Waals surface area contributed by atoms with Crippen molar-refractivity contribution in [1.29, 1.82) is 0 Å². The van der Waals surface area contributed by atoms with Gasteiger partial charge in [-0.3, -0.25) is 4.98 Å². The van der Waals surface area contributed by atoms with E-state index < -0.39 is 0 Å². The van der Waals surface area contributed by atoms with Gasteiger partial charge < -0.3 is 5.32 Å². The summed E-state index contributed by atoms with van der Waals surface area (Å²) in [5, 5.41) is 3.20. The van der Waals surface area contributed by atoms with Crippen LogP contribution in [0.25, 0.3) is 0 Å². The van der Waals surface area contributed by atoms with E-state index in [4.69, 9.17) is 0 Å². The summed E-state index contributed by atoms with van der Waals surface area (Å²) in [5.74, 6) is 0.660. The Bertz CT molecular complexity index is 502. The van der Waals surface area contributed by atoms with Crippen molar-refractivity contribution in [3.63, 3.8) is 0 Å². The van der Waals surface area contributed by atoms with Gasteiger partial charge in [0.1, 0.15) is 0 Å². The topological polar surface area (TPSA) is 50.7 Å². The maximum absolute atomic E-state index is 4.33. The van der Waals surface area contributed by atoms with Crippen molar-refractivity contribution in [3.8, 4) is 0 Å². The number of aromatic nitrogens is 3. The summed E-state index contributed by atoms with van der Waals surface area (Å²) in [4.78, 5) is 13.0. The first-order chi connectivity index (χ1) is 8.15.